The summed E-state index contributed by atoms with van der Waals surface area (Å²) in [5.41, 5.74) is -5.35. The lowest BCUT2D eigenvalue weighted by molar-refractivity contribution is -0.220. The van der Waals surface area contributed by atoms with E-state index < -0.39 is 58.4 Å². The number of carbonyl (C=O) groups is 3. The molecule has 3 saturated carbocycles. The van der Waals surface area contributed by atoms with Gasteiger partial charge in [0.15, 0.2) is 18.1 Å². The van der Waals surface area contributed by atoms with E-state index >= 15 is 4.39 Å². The lowest BCUT2D eigenvalue weighted by Gasteiger charge is -2.62. The number of fused-ring (bicyclic) bond motifs is 5. The Morgan fingerprint density at radius 2 is 1.73 bits per heavy atom. The molecule has 224 valence electrons. The summed E-state index contributed by atoms with van der Waals surface area (Å²) in [6.07, 6.45) is 13.4. The predicted molar refractivity (Wildman–Crippen MR) is 151 cm³/mol. The van der Waals surface area contributed by atoms with Crippen LogP contribution in [0.25, 0.3) is 0 Å². The third-order valence-electron chi connectivity index (χ3n) is 11.2. The topological polar surface area (TPSA) is 101 Å². The van der Waals surface area contributed by atoms with Crippen LogP contribution in [-0.4, -0.2) is 51.7 Å². The van der Waals surface area contributed by atoms with Crippen molar-refractivity contribution in [2.75, 3.05) is 6.61 Å². The van der Waals surface area contributed by atoms with E-state index in [1.54, 1.807) is 26.8 Å². The number of hydrogen-bond acceptors (Lipinski definition) is 6. The number of allylic oxidation sites excluding steroid dienone is 4. The Balaban J connectivity index is 1.40. The van der Waals surface area contributed by atoms with E-state index in [0.29, 0.717) is 31.3 Å². The second-order valence-electron chi connectivity index (χ2n) is 13.5. The van der Waals surface area contributed by atoms with Gasteiger partial charge in [0, 0.05) is 23.2 Å². The number of carbonyl (C=O) groups excluding carboxylic acids is 3. The molecule has 2 N–H and O–H groups in total. The van der Waals surface area contributed by atoms with Crippen LogP contribution in [0.15, 0.2) is 23.8 Å². The highest BCUT2D eigenvalue weighted by atomic mass is 19.1. The van der Waals surface area contributed by atoms with Crippen molar-refractivity contribution in [1.29, 1.82) is 0 Å². The predicted octanol–water partition coefficient (Wildman–Crippen LogP) is 5.98. The van der Waals surface area contributed by atoms with Crippen LogP contribution in [0.5, 0.6) is 0 Å². The van der Waals surface area contributed by atoms with Gasteiger partial charge in [0.25, 0.3) is 0 Å². The van der Waals surface area contributed by atoms with Gasteiger partial charge in [0.1, 0.15) is 5.60 Å². The summed E-state index contributed by atoms with van der Waals surface area (Å²) in [4.78, 5) is 38.0. The van der Waals surface area contributed by atoms with E-state index in [0.717, 1.165) is 19.3 Å². The summed E-state index contributed by atoms with van der Waals surface area (Å²) in [6.45, 7) is 7.01. The second-order valence-corrected chi connectivity index (χ2v) is 13.5. The molecule has 3 fully saturated rings. The average Bonchev–Trinajstić information content (AvgIpc) is 3.11. The van der Waals surface area contributed by atoms with Crippen LogP contribution in [0.4, 0.5) is 4.39 Å². The number of ether oxygens (including phenoxy) is 1. The molecule has 0 aromatic rings. The van der Waals surface area contributed by atoms with Gasteiger partial charge < -0.3 is 14.9 Å². The van der Waals surface area contributed by atoms with E-state index in [4.69, 9.17) is 4.74 Å². The minimum atomic E-state index is -2.02. The number of unbranched alkanes of at least 4 members (excludes halogenated alkanes) is 7. The summed E-state index contributed by atoms with van der Waals surface area (Å²) in [7, 11) is 0. The number of Topliss-reactive ketones (excluding diaryl/α,β-unsaturated/α-hetero) is 1. The lowest BCUT2D eigenvalue weighted by Crippen LogP contribution is -2.69. The summed E-state index contributed by atoms with van der Waals surface area (Å²) >= 11 is 0. The van der Waals surface area contributed by atoms with E-state index in [9.17, 15) is 24.6 Å². The van der Waals surface area contributed by atoms with Crippen molar-refractivity contribution in [3.8, 4) is 0 Å². The first kappa shape index (κ1) is 31.1. The third kappa shape index (κ3) is 4.93. The third-order valence-corrected chi connectivity index (χ3v) is 11.2. The summed E-state index contributed by atoms with van der Waals surface area (Å²) < 4.78 is 22.6. The van der Waals surface area contributed by atoms with Crippen molar-refractivity contribution >= 4 is 17.5 Å². The molecular formula is C33H49FO6. The normalized spacial score (nSPS) is 40.2. The molecular weight excluding hydrogens is 511 g/mol. The Labute approximate surface area is 238 Å². The molecule has 0 amide bonds. The Morgan fingerprint density at radius 1 is 1.07 bits per heavy atom. The van der Waals surface area contributed by atoms with Gasteiger partial charge in [0.05, 0.1) is 6.10 Å². The SMILES string of the molecule is CCCCCCCCCCC(=O)OCC(=O)[C@@]1(O)[C@H](C)C[C@H]2[C@@H]3CCC4=CC(=O)C=C[C@]4(C)[C@@]3(F)[C@@H](O)C[C@@]21C. The molecule has 0 aromatic carbocycles. The number of alkyl halides is 1. The van der Waals surface area contributed by atoms with Crippen LogP contribution in [-0.2, 0) is 19.1 Å². The zero-order valence-electron chi connectivity index (χ0n) is 24.8. The van der Waals surface area contributed by atoms with Gasteiger partial charge in [0.2, 0.25) is 5.78 Å². The van der Waals surface area contributed by atoms with E-state index in [1.807, 2.05) is 0 Å². The number of aliphatic hydroxyl groups excluding tert-OH is 1. The Morgan fingerprint density at radius 3 is 2.40 bits per heavy atom. The van der Waals surface area contributed by atoms with E-state index in [-0.39, 0.29) is 24.5 Å². The molecule has 0 heterocycles. The smallest absolute Gasteiger partial charge is 0.306 e. The van der Waals surface area contributed by atoms with Crippen LogP contribution in [0.2, 0.25) is 0 Å². The van der Waals surface area contributed by atoms with Gasteiger partial charge >= 0.3 is 5.97 Å². The highest BCUT2D eigenvalue weighted by Crippen LogP contribution is 2.70. The van der Waals surface area contributed by atoms with Gasteiger partial charge in [-0.15, -0.1) is 0 Å². The zero-order chi connectivity index (χ0) is 29.3. The fourth-order valence-electron chi connectivity index (χ4n) is 8.87. The van der Waals surface area contributed by atoms with E-state index in [1.165, 1.54) is 37.8 Å². The van der Waals surface area contributed by atoms with Crippen molar-refractivity contribution in [3.05, 3.63) is 23.8 Å². The lowest BCUT2D eigenvalue weighted by atomic mass is 9.44. The molecule has 0 bridgehead atoms. The van der Waals surface area contributed by atoms with Crippen molar-refractivity contribution in [2.24, 2.45) is 28.6 Å². The van der Waals surface area contributed by atoms with E-state index in [2.05, 4.69) is 6.92 Å². The molecule has 4 aliphatic carbocycles. The first-order valence-corrected chi connectivity index (χ1v) is 15.6. The first-order chi connectivity index (χ1) is 18.9. The fourth-order valence-corrected chi connectivity index (χ4v) is 8.87. The number of aliphatic hydroxyl groups is 2. The number of rotatable bonds is 12. The van der Waals surface area contributed by atoms with Crippen molar-refractivity contribution in [3.63, 3.8) is 0 Å². The molecule has 0 radical (unpaired) electrons. The minimum absolute atomic E-state index is 0.0892. The molecule has 8 atom stereocenters. The Hall–Kier alpha value is -1.86. The highest BCUT2D eigenvalue weighted by molar-refractivity contribution is 6.01. The van der Waals surface area contributed by atoms with Crippen LogP contribution in [0.3, 0.4) is 0 Å². The Kier molecular flexibility index (Phi) is 9.16. The molecule has 6 nitrogen and oxygen atoms in total. The molecule has 0 saturated heterocycles. The van der Waals surface area contributed by atoms with Gasteiger partial charge in [-0.1, -0.05) is 77.4 Å². The maximum atomic E-state index is 17.3. The maximum absolute atomic E-state index is 17.3. The summed E-state index contributed by atoms with van der Waals surface area (Å²) in [5, 5.41) is 23.4. The monoisotopic (exact) mass is 560 g/mol. The van der Waals surface area contributed by atoms with Crippen molar-refractivity contribution in [1.82, 2.24) is 0 Å². The molecule has 4 rings (SSSR count). The van der Waals surface area contributed by atoms with Crippen LogP contribution in [0.1, 0.15) is 111 Å². The zero-order valence-corrected chi connectivity index (χ0v) is 24.8. The van der Waals surface area contributed by atoms with Gasteiger partial charge in [-0.05, 0) is 63.0 Å². The Bertz CT molecular complexity index is 1050. The van der Waals surface area contributed by atoms with Crippen molar-refractivity contribution < 1.29 is 33.7 Å². The summed E-state index contributed by atoms with van der Waals surface area (Å²) in [6, 6.07) is 0. The minimum Gasteiger partial charge on any atom is -0.458 e. The fraction of sp³-hybridized carbons (Fsp3) is 0.788. The molecule has 0 spiro atoms. The number of hydrogen-bond donors (Lipinski definition) is 2. The quantitative estimate of drug-likeness (QED) is 0.225. The molecule has 0 aromatic heterocycles. The largest absolute Gasteiger partial charge is 0.458 e. The van der Waals surface area contributed by atoms with Gasteiger partial charge in [-0.3, -0.25) is 14.4 Å². The van der Waals surface area contributed by atoms with Crippen LogP contribution < -0.4 is 0 Å². The maximum Gasteiger partial charge on any atom is 0.306 e. The van der Waals surface area contributed by atoms with Crippen molar-refractivity contribution in [2.45, 2.75) is 129 Å². The molecule has 40 heavy (non-hydrogen) atoms. The average molecular weight is 561 g/mol. The number of esters is 1. The molecule has 7 heteroatoms. The molecule has 0 unspecified atom stereocenters. The number of ketones is 2. The first-order valence-electron chi connectivity index (χ1n) is 15.6. The standard InChI is InChI=1S/C33H49FO6/c1-5-6-7-8-9-10-11-12-13-29(38)40-21-28(37)33(39)22(2)18-26-25-15-14-23-19-24(35)16-17-30(23,3)32(25,34)27(36)20-31(26,33)4/h16-17,19,22,25-27,36,39H,5-15,18,20-21H2,1-4H3/t22-,25+,26+,27+,30+,31+,32+,33+/m1/s1. The second kappa shape index (κ2) is 11.8. The van der Waals surface area contributed by atoms with Crippen LogP contribution in [0, 0.1) is 28.6 Å². The van der Waals surface area contributed by atoms with Crippen LogP contribution >= 0.6 is 0 Å². The number of halogens is 1. The highest BCUT2D eigenvalue weighted by Gasteiger charge is 2.75. The summed E-state index contributed by atoms with van der Waals surface area (Å²) in [5.74, 6) is -2.60. The van der Waals surface area contributed by atoms with Gasteiger partial charge in [-0.2, -0.15) is 0 Å². The van der Waals surface area contributed by atoms with Gasteiger partial charge in [-0.25, -0.2) is 4.39 Å². The molecule has 4 aliphatic rings. The molecule has 0 aliphatic heterocycles.